The normalized spacial score (nSPS) is 15.7. The zero-order chi connectivity index (χ0) is 23.9. The van der Waals surface area contributed by atoms with Crippen LogP contribution in [0.5, 0.6) is 11.5 Å². The molecule has 1 aliphatic rings. The van der Waals surface area contributed by atoms with Crippen LogP contribution in [0.1, 0.15) is 37.8 Å². The second-order valence-corrected chi connectivity index (χ2v) is 8.66. The van der Waals surface area contributed by atoms with E-state index in [0.717, 1.165) is 50.1 Å². The molecule has 4 rings (SSSR count). The summed E-state index contributed by atoms with van der Waals surface area (Å²) in [5.74, 6) is 3.45. The first-order valence-corrected chi connectivity index (χ1v) is 11.7. The van der Waals surface area contributed by atoms with Crippen LogP contribution in [0.15, 0.2) is 45.5 Å². The molecular formula is C25H32N4O5. The van der Waals surface area contributed by atoms with Gasteiger partial charge in [0.05, 0.1) is 27.0 Å². The third-order valence-corrected chi connectivity index (χ3v) is 6.22. The average Bonchev–Trinajstić information content (AvgIpc) is 3.55. The van der Waals surface area contributed by atoms with E-state index in [0.29, 0.717) is 29.8 Å². The lowest BCUT2D eigenvalue weighted by Crippen LogP contribution is -2.43. The molecule has 0 radical (unpaired) electrons. The standard InChI is InChI=1S/C25H32N4O5/c1-17(6-8-20-5-4-14-33-20)26-25(30)18-10-12-29(13-11-18)16-23-27-24(28-34-23)19-7-9-21(31-2)22(15-19)32-3/h4-5,7,9,14-15,17-18H,6,8,10-13,16H2,1-3H3,(H,26,30)/t17-/m0/s1. The average molecular weight is 469 g/mol. The minimum atomic E-state index is 0.0346. The molecule has 1 amide bonds. The number of likely N-dealkylation sites (tertiary alicyclic amines) is 1. The van der Waals surface area contributed by atoms with Gasteiger partial charge in [0.25, 0.3) is 0 Å². The van der Waals surface area contributed by atoms with Crippen LogP contribution in [-0.2, 0) is 17.8 Å². The number of aryl methyl sites for hydroxylation is 1. The molecule has 3 heterocycles. The fourth-order valence-corrected chi connectivity index (χ4v) is 4.20. The minimum Gasteiger partial charge on any atom is -0.493 e. The van der Waals surface area contributed by atoms with Crippen molar-refractivity contribution in [2.45, 2.75) is 45.2 Å². The minimum absolute atomic E-state index is 0.0346. The second kappa shape index (κ2) is 11.2. The highest BCUT2D eigenvalue weighted by molar-refractivity contribution is 5.79. The van der Waals surface area contributed by atoms with E-state index in [9.17, 15) is 4.79 Å². The van der Waals surface area contributed by atoms with Gasteiger partial charge in [0.1, 0.15) is 5.76 Å². The number of ether oxygens (including phenoxy) is 2. The second-order valence-electron chi connectivity index (χ2n) is 8.66. The quantitative estimate of drug-likeness (QED) is 0.481. The fraction of sp³-hybridized carbons (Fsp3) is 0.480. The molecule has 9 nitrogen and oxygen atoms in total. The summed E-state index contributed by atoms with van der Waals surface area (Å²) < 4.78 is 21.5. The summed E-state index contributed by atoms with van der Waals surface area (Å²) in [6.45, 7) is 4.23. The molecule has 0 spiro atoms. The van der Waals surface area contributed by atoms with Crippen LogP contribution in [0.2, 0.25) is 0 Å². The van der Waals surface area contributed by atoms with Crippen molar-refractivity contribution >= 4 is 5.91 Å². The first-order valence-electron chi connectivity index (χ1n) is 11.7. The van der Waals surface area contributed by atoms with E-state index in [2.05, 4.69) is 20.4 Å². The predicted octanol–water partition coefficient (Wildman–Crippen LogP) is 3.70. The van der Waals surface area contributed by atoms with Crippen molar-refractivity contribution in [3.05, 3.63) is 48.2 Å². The van der Waals surface area contributed by atoms with E-state index in [1.807, 2.05) is 37.3 Å². The lowest BCUT2D eigenvalue weighted by atomic mass is 9.95. The van der Waals surface area contributed by atoms with E-state index < -0.39 is 0 Å². The van der Waals surface area contributed by atoms with Crippen molar-refractivity contribution in [2.75, 3.05) is 27.3 Å². The summed E-state index contributed by atoms with van der Waals surface area (Å²) in [5, 5.41) is 7.27. The lowest BCUT2D eigenvalue weighted by molar-refractivity contribution is -0.127. The van der Waals surface area contributed by atoms with E-state index in [4.69, 9.17) is 18.4 Å². The largest absolute Gasteiger partial charge is 0.493 e. The molecule has 2 aromatic heterocycles. The van der Waals surface area contributed by atoms with Crippen LogP contribution < -0.4 is 14.8 Å². The molecule has 0 saturated carbocycles. The van der Waals surface area contributed by atoms with Gasteiger partial charge in [0, 0.05) is 23.9 Å². The van der Waals surface area contributed by atoms with Gasteiger partial charge in [0.15, 0.2) is 11.5 Å². The Kier molecular flexibility index (Phi) is 7.84. The molecule has 1 aromatic carbocycles. The Labute approximate surface area is 199 Å². The zero-order valence-corrected chi connectivity index (χ0v) is 20.0. The van der Waals surface area contributed by atoms with Gasteiger partial charge in [-0.15, -0.1) is 0 Å². The first-order chi connectivity index (χ1) is 16.6. The Morgan fingerprint density at radius 1 is 1.21 bits per heavy atom. The Hall–Kier alpha value is -3.33. The van der Waals surface area contributed by atoms with Gasteiger partial charge in [-0.25, -0.2) is 0 Å². The Morgan fingerprint density at radius 2 is 2.00 bits per heavy atom. The summed E-state index contributed by atoms with van der Waals surface area (Å²) in [5.41, 5.74) is 0.796. The molecule has 1 fully saturated rings. The van der Waals surface area contributed by atoms with Crippen molar-refractivity contribution in [1.29, 1.82) is 0 Å². The number of carbonyl (C=O) groups is 1. The number of carbonyl (C=O) groups excluding carboxylic acids is 1. The van der Waals surface area contributed by atoms with Gasteiger partial charge < -0.3 is 23.7 Å². The Morgan fingerprint density at radius 3 is 2.71 bits per heavy atom. The molecular weight excluding hydrogens is 436 g/mol. The van der Waals surface area contributed by atoms with Crippen LogP contribution >= 0.6 is 0 Å². The smallest absolute Gasteiger partial charge is 0.241 e. The maximum absolute atomic E-state index is 12.7. The van der Waals surface area contributed by atoms with Gasteiger partial charge in [-0.3, -0.25) is 9.69 Å². The van der Waals surface area contributed by atoms with Crippen LogP contribution in [0, 0.1) is 5.92 Å². The lowest BCUT2D eigenvalue weighted by Gasteiger charge is -2.30. The molecule has 0 bridgehead atoms. The van der Waals surface area contributed by atoms with E-state index in [-0.39, 0.29) is 17.9 Å². The number of benzene rings is 1. The Balaban J connectivity index is 1.23. The molecule has 182 valence electrons. The van der Waals surface area contributed by atoms with Crippen LogP contribution in [0.3, 0.4) is 0 Å². The molecule has 1 N–H and O–H groups in total. The number of hydrogen-bond acceptors (Lipinski definition) is 8. The summed E-state index contributed by atoms with van der Waals surface area (Å²) >= 11 is 0. The number of nitrogens with zero attached hydrogens (tertiary/aromatic N) is 3. The number of amides is 1. The summed E-state index contributed by atoms with van der Waals surface area (Å²) in [6.07, 6.45) is 4.98. The molecule has 0 unspecified atom stereocenters. The van der Waals surface area contributed by atoms with Gasteiger partial charge in [0.2, 0.25) is 17.6 Å². The van der Waals surface area contributed by atoms with Crippen LogP contribution in [0.4, 0.5) is 0 Å². The Bertz CT molecular complexity index is 1060. The number of furan rings is 1. The molecule has 3 aromatic rings. The molecule has 9 heteroatoms. The van der Waals surface area contributed by atoms with Gasteiger partial charge in [-0.2, -0.15) is 4.98 Å². The van der Waals surface area contributed by atoms with Crippen LogP contribution in [0.25, 0.3) is 11.4 Å². The summed E-state index contributed by atoms with van der Waals surface area (Å²) in [4.78, 5) is 19.5. The first kappa shape index (κ1) is 23.8. The number of methoxy groups -OCH3 is 2. The number of piperidine rings is 1. The number of aromatic nitrogens is 2. The van der Waals surface area contributed by atoms with Crippen LogP contribution in [-0.4, -0.2) is 54.3 Å². The van der Waals surface area contributed by atoms with E-state index >= 15 is 0 Å². The highest BCUT2D eigenvalue weighted by Crippen LogP contribution is 2.31. The molecule has 0 aliphatic carbocycles. The maximum Gasteiger partial charge on any atom is 0.241 e. The van der Waals surface area contributed by atoms with Crippen molar-refractivity contribution < 1.29 is 23.2 Å². The van der Waals surface area contributed by atoms with E-state index in [1.54, 1.807) is 20.5 Å². The highest BCUT2D eigenvalue weighted by atomic mass is 16.5. The molecule has 1 aliphatic heterocycles. The van der Waals surface area contributed by atoms with E-state index in [1.165, 1.54) is 0 Å². The predicted molar refractivity (Wildman–Crippen MR) is 125 cm³/mol. The third-order valence-electron chi connectivity index (χ3n) is 6.22. The van der Waals surface area contributed by atoms with Gasteiger partial charge in [-0.1, -0.05) is 5.16 Å². The van der Waals surface area contributed by atoms with Crippen molar-refractivity contribution in [3.8, 4) is 22.9 Å². The fourth-order valence-electron chi connectivity index (χ4n) is 4.20. The number of nitrogens with one attached hydrogen (secondary N) is 1. The summed E-state index contributed by atoms with van der Waals surface area (Å²) in [6, 6.07) is 9.48. The molecule has 34 heavy (non-hydrogen) atoms. The van der Waals surface area contributed by atoms with Crippen molar-refractivity contribution in [2.24, 2.45) is 5.92 Å². The maximum atomic E-state index is 12.7. The summed E-state index contributed by atoms with van der Waals surface area (Å²) in [7, 11) is 3.19. The van der Waals surface area contributed by atoms with Gasteiger partial charge >= 0.3 is 0 Å². The van der Waals surface area contributed by atoms with Crippen molar-refractivity contribution in [3.63, 3.8) is 0 Å². The number of rotatable bonds is 10. The van der Waals surface area contributed by atoms with Crippen molar-refractivity contribution in [1.82, 2.24) is 20.4 Å². The number of hydrogen-bond donors (Lipinski definition) is 1. The third kappa shape index (κ3) is 5.96. The monoisotopic (exact) mass is 468 g/mol. The SMILES string of the molecule is COc1ccc(-c2noc(CN3CCC(C(=O)N[C@@H](C)CCc4ccco4)CC3)n2)cc1OC. The van der Waals surface area contributed by atoms with Gasteiger partial charge in [-0.05, 0) is 69.6 Å². The zero-order valence-electron chi connectivity index (χ0n) is 20.0. The highest BCUT2D eigenvalue weighted by Gasteiger charge is 2.27. The molecule has 1 saturated heterocycles. The molecule has 1 atom stereocenters. The topological polar surface area (TPSA) is 103 Å².